The maximum Gasteiger partial charge on any atom is 0.343 e. The second-order valence-electron chi connectivity index (χ2n) is 7.36. The zero-order valence-corrected chi connectivity index (χ0v) is 18.2. The minimum atomic E-state index is -0.448. The van der Waals surface area contributed by atoms with E-state index in [2.05, 4.69) is 4.90 Å². The fraction of sp³-hybridized carbons (Fsp3) is 0.524. The summed E-state index contributed by atoms with van der Waals surface area (Å²) < 4.78 is 12.7. The molecule has 29 heavy (non-hydrogen) atoms. The number of hydrogen-bond donors (Lipinski definition) is 0. The van der Waals surface area contributed by atoms with Crippen LogP contribution in [0.25, 0.3) is 0 Å². The molecule has 4 rings (SSSR count). The van der Waals surface area contributed by atoms with Crippen molar-refractivity contribution in [3.63, 3.8) is 0 Å². The van der Waals surface area contributed by atoms with E-state index < -0.39 is 5.97 Å². The first-order valence-corrected chi connectivity index (χ1v) is 12.1. The highest BCUT2D eigenvalue weighted by molar-refractivity contribution is 7.99. The number of methoxy groups -OCH3 is 1. The van der Waals surface area contributed by atoms with Crippen molar-refractivity contribution < 1.29 is 14.3 Å². The first kappa shape index (κ1) is 20.5. The van der Waals surface area contributed by atoms with Crippen molar-refractivity contribution in [2.24, 2.45) is 0 Å². The Kier molecular flexibility index (Phi) is 6.62. The summed E-state index contributed by atoms with van der Waals surface area (Å²) >= 11 is 3.60. The smallest absolute Gasteiger partial charge is 0.343 e. The topological polar surface area (TPSA) is 60.8 Å². The standard InChI is InChI=1S/C21H26N2O4S2/c1-26-21(25)20-17-2-6-22(16-4-10-28-11-5-16)7-8-23(17)19(24)12-18(20)27-13-15-3-9-29-14-15/h3,9,12,14,16H,2,4-8,10-11,13H2,1H3. The number of pyridine rings is 1. The molecule has 0 spiro atoms. The van der Waals surface area contributed by atoms with Gasteiger partial charge in [-0.1, -0.05) is 0 Å². The highest BCUT2D eigenvalue weighted by Crippen LogP contribution is 2.27. The van der Waals surface area contributed by atoms with Gasteiger partial charge in [0, 0.05) is 43.9 Å². The number of fused-ring (bicyclic) bond motifs is 1. The Labute approximate surface area is 178 Å². The second-order valence-corrected chi connectivity index (χ2v) is 9.37. The van der Waals surface area contributed by atoms with Crippen LogP contribution in [0.2, 0.25) is 0 Å². The summed E-state index contributed by atoms with van der Waals surface area (Å²) in [7, 11) is 1.37. The van der Waals surface area contributed by atoms with Gasteiger partial charge in [-0.25, -0.2) is 4.79 Å². The summed E-state index contributed by atoms with van der Waals surface area (Å²) in [6.07, 6.45) is 3.02. The summed E-state index contributed by atoms with van der Waals surface area (Å²) in [5.41, 5.74) is 2.02. The molecular formula is C21H26N2O4S2. The number of thiophene rings is 1. The van der Waals surface area contributed by atoms with E-state index in [1.165, 1.54) is 37.5 Å². The van der Waals surface area contributed by atoms with Gasteiger partial charge in [0.25, 0.3) is 5.56 Å². The van der Waals surface area contributed by atoms with Crippen LogP contribution in [-0.2, 0) is 24.3 Å². The number of carbonyl (C=O) groups is 1. The molecule has 6 nitrogen and oxygen atoms in total. The third-order valence-electron chi connectivity index (χ3n) is 5.70. The van der Waals surface area contributed by atoms with Crippen LogP contribution in [0.3, 0.4) is 0 Å². The lowest BCUT2D eigenvalue weighted by atomic mass is 10.1. The van der Waals surface area contributed by atoms with E-state index in [4.69, 9.17) is 9.47 Å². The molecule has 0 bridgehead atoms. The largest absolute Gasteiger partial charge is 0.488 e. The summed E-state index contributed by atoms with van der Waals surface area (Å²) in [6.45, 7) is 2.58. The van der Waals surface area contributed by atoms with E-state index in [9.17, 15) is 9.59 Å². The molecule has 0 radical (unpaired) electrons. The molecule has 2 aromatic rings. The van der Waals surface area contributed by atoms with Gasteiger partial charge in [0.2, 0.25) is 0 Å². The number of nitrogens with zero attached hydrogens (tertiary/aromatic N) is 2. The van der Waals surface area contributed by atoms with Crippen LogP contribution in [0.5, 0.6) is 5.75 Å². The minimum Gasteiger partial charge on any atom is -0.488 e. The Morgan fingerprint density at radius 2 is 2.07 bits per heavy atom. The third-order valence-corrected chi connectivity index (χ3v) is 7.48. The van der Waals surface area contributed by atoms with Crippen molar-refractivity contribution >= 4 is 29.1 Å². The van der Waals surface area contributed by atoms with E-state index in [1.54, 1.807) is 15.9 Å². The number of hydrogen-bond acceptors (Lipinski definition) is 7. The van der Waals surface area contributed by atoms with Gasteiger partial charge in [-0.3, -0.25) is 9.69 Å². The molecule has 0 amide bonds. The Morgan fingerprint density at radius 3 is 2.79 bits per heavy atom. The zero-order chi connectivity index (χ0) is 20.2. The molecule has 4 heterocycles. The molecule has 0 unspecified atom stereocenters. The lowest BCUT2D eigenvalue weighted by molar-refractivity contribution is 0.0592. The number of aromatic nitrogens is 1. The van der Waals surface area contributed by atoms with Gasteiger partial charge in [0.1, 0.15) is 17.9 Å². The van der Waals surface area contributed by atoms with Gasteiger partial charge in [-0.05, 0) is 46.7 Å². The predicted octanol–water partition coefficient (Wildman–Crippen LogP) is 3.03. The van der Waals surface area contributed by atoms with E-state index in [0.717, 1.165) is 24.3 Å². The second kappa shape index (κ2) is 9.36. The van der Waals surface area contributed by atoms with Crippen molar-refractivity contribution in [1.29, 1.82) is 0 Å². The van der Waals surface area contributed by atoms with E-state index in [1.807, 2.05) is 28.6 Å². The van der Waals surface area contributed by atoms with Gasteiger partial charge in [-0.2, -0.15) is 23.1 Å². The fourth-order valence-corrected chi connectivity index (χ4v) is 5.89. The molecule has 0 atom stereocenters. The quantitative estimate of drug-likeness (QED) is 0.674. The van der Waals surface area contributed by atoms with Crippen molar-refractivity contribution in [2.75, 3.05) is 31.7 Å². The molecule has 8 heteroatoms. The molecule has 2 aliphatic heterocycles. The van der Waals surface area contributed by atoms with Crippen molar-refractivity contribution in [3.05, 3.63) is 50.1 Å². The molecule has 0 saturated carbocycles. The molecule has 1 fully saturated rings. The lowest BCUT2D eigenvalue weighted by Gasteiger charge is -2.32. The van der Waals surface area contributed by atoms with Crippen LogP contribution in [0.4, 0.5) is 0 Å². The van der Waals surface area contributed by atoms with Gasteiger partial charge >= 0.3 is 5.97 Å². The summed E-state index contributed by atoms with van der Waals surface area (Å²) in [5, 5.41) is 3.97. The molecule has 156 valence electrons. The van der Waals surface area contributed by atoms with Crippen LogP contribution >= 0.6 is 23.1 Å². The Bertz CT molecular complexity index is 904. The fourth-order valence-electron chi connectivity index (χ4n) is 4.15. The first-order valence-electron chi connectivity index (χ1n) is 9.98. The van der Waals surface area contributed by atoms with Gasteiger partial charge < -0.3 is 14.0 Å². The van der Waals surface area contributed by atoms with Crippen LogP contribution < -0.4 is 10.3 Å². The van der Waals surface area contributed by atoms with Crippen LogP contribution in [0.1, 0.15) is 34.5 Å². The van der Waals surface area contributed by atoms with Gasteiger partial charge in [0.05, 0.1) is 7.11 Å². The van der Waals surface area contributed by atoms with Crippen molar-refractivity contribution in [2.45, 2.75) is 38.5 Å². The minimum absolute atomic E-state index is 0.117. The number of thioether (sulfide) groups is 1. The zero-order valence-electron chi connectivity index (χ0n) is 16.6. The monoisotopic (exact) mass is 434 g/mol. The molecular weight excluding hydrogens is 408 g/mol. The van der Waals surface area contributed by atoms with Gasteiger partial charge in [-0.15, -0.1) is 0 Å². The number of carbonyl (C=O) groups excluding carboxylic acids is 1. The average molecular weight is 435 g/mol. The SMILES string of the molecule is COC(=O)c1c(OCc2ccsc2)cc(=O)n2c1CCN(C1CCSCC1)CC2. The molecule has 0 aromatic carbocycles. The van der Waals surface area contributed by atoms with E-state index in [0.29, 0.717) is 36.9 Å². The molecule has 0 N–H and O–H groups in total. The summed E-state index contributed by atoms with van der Waals surface area (Å²) in [4.78, 5) is 28.0. The number of ether oxygens (including phenoxy) is 2. The number of esters is 1. The Morgan fingerprint density at radius 1 is 1.24 bits per heavy atom. The highest BCUT2D eigenvalue weighted by atomic mass is 32.2. The van der Waals surface area contributed by atoms with E-state index >= 15 is 0 Å². The predicted molar refractivity (Wildman–Crippen MR) is 116 cm³/mol. The Hall–Kier alpha value is -1.77. The molecule has 0 aliphatic carbocycles. The lowest BCUT2D eigenvalue weighted by Crippen LogP contribution is -2.40. The maximum atomic E-state index is 12.9. The normalized spacial score (nSPS) is 18.1. The maximum absolute atomic E-state index is 12.9. The van der Waals surface area contributed by atoms with Crippen LogP contribution in [0.15, 0.2) is 27.7 Å². The van der Waals surface area contributed by atoms with Crippen molar-refractivity contribution in [1.82, 2.24) is 9.47 Å². The Balaban J connectivity index is 1.63. The summed E-state index contributed by atoms with van der Waals surface area (Å²) in [5.74, 6) is 2.27. The molecule has 2 aliphatic rings. The van der Waals surface area contributed by atoms with Crippen LogP contribution in [0, 0.1) is 0 Å². The third kappa shape index (κ3) is 4.54. The highest BCUT2D eigenvalue weighted by Gasteiger charge is 2.28. The average Bonchev–Trinajstić information content (AvgIpc) is 3.17. The van der Waals surface area contributed by atoms with Gasteiger partial charge in [0.15, 0.2) is 0 Å². The van der Waals surface area contributed by atoms with Crippen LogP contribution in [-0.4, -0.2) is 53.2 Å². The van der Waals surface area contributed by atoms with E-state index in [-0.39, 0.29) is 5.56 Å². The first-order chi connectivity index (χ1) is 14.2. The summed E-state index contributed by atoms with van der Waals surface area (Å²) in [6, 6.07) is 3.98. The molecule has 1 saturated heterocycles. The molecule has 2 aromatic heterocycles. The number of rotatable bonds is 5. The van der Waals surface area contributed by atoms with Crippen molar-refractivity contribution in [3.8, 4) is 5.75 Å².